The number of hydrogen-bond acceptors (Lipinski definition) is 9. The SMILES string of the molecule is COc1cc(C(O)=C(C)OC(=O)c2cnccn2)cc([N+](=O)[O-])c1OC. The van der Waals surface area contributed by atoms with Crippen LogP contribution >= 0.6 is 0 Å². The molecule has 0 amide bonds. The number of benzene rings is 1. The predicted octanol–water partition coefficient (Wildman–Crippen LogP) is 2.51. The van der Waals surface area contributed by atoms with Crippen LogP contribution in [-0.4, -0.2) is 40.2 Å². The molecular weight excluding hydrogens is 346 g/mol. The van der Waals surface area contributed by atoms with Gasteiger partial charge >= 0.3 is 11.7 Å². The first kappa shape index (κ1) is 18.6. The lowest BCUT2D eigenvalue weighted by molar-refractivity contribution is -0.385. The molecule has 0 spiro atoms. The monoisotopic (exact) mass is 361 g/mol. The Bertz CT molecular complexity index is 866. The van der Waals surface area contributed by atoms with Crippen molar-refractivity contribution >= 4 is 17.4 Å². The van der Waals surface area contributed by atoms with Crippen LogP contribution in [0.25, 0.3) is 5.76 Å². The zero-order valence-corrected chi connectivity index (χ0v) is 14.1. The molecule has 0 aliphatic carbocycles. The number of methoxy groups -OCH3 is 2. The molecule has 136 valence electrons. The first-order valence-corrected chi connectivity index (χ1v) is 7.17. The Morgan fingerprint density at radius 2 is 1.96 bits per heavy atom. The van der Waals surface area contributed by atoms with Crippen LogP contribution in [0.3, 0.4) is 0 Å². The summed E-state index contributed by atoms with van der Waals surface area (Å²) in [7, 11) is 2.56. The van der Waals surface area contributed by atoms with Crippen molar-refractivity contribution in [3.05, 3.63) is 57.9 Å². The van der Waals surface area contributed by atoms with Crippen LogP contribution in [0.2, 0.25) is 0 Å². The van der Waals surface area contributed by atoms with Crippen molar-refractivity contribution in [1.82, 2.24) is 9.97 Å². The van der Waals surface area contributed by atoms with Crippen LogP contribution in [0.15, 0.2) is 36.5 Å². The zero-order chi connectivity index (χ0) is 19.3. The number of aliphatic hydroxyl groups is 1. The fourth-order valence-corrected chi connectivity index (χ4v) is 2.06. The number of nitro groups is 1. The lowest BCUT2D eigenvalue weighted by atomic mass is 10.1. The molecule has 0 saturated heterocycles. The first-order valence-electron chi connectivity index (χ1n) is 7.17. The lowest BCUT2D eigenvalue weighted by Crippen LogP contribution is -2.08. The highest BCUT2D eigenvalue weighted by atomic mass is 16.6. The van der Waals surface area contributed by atoms with E-state index in [-0.39, 0.29) is 28.5 Å². The zero-order valence-electron chi connectivity index (χ0n) is 14.1. The molecule has 1 aromatic carbocycles. The molecule has 10 heteroatoms. The summed E-state index contributed by atoms with van der Waals surface area (Å²) in [6.45, 7) is 1.33. The van der Waals surface area contributed by atoms with Gasteiger partial charge in [-0.3, -0.25) is 15.1 Å². The van der Waals surface area contributed by atoms with Gasteiger partial charge in [0.15, 0.2) is 17.2 Å². The molecule has 1 aromatic heterocycles. The third kappa shape index (κ3) is 3.86. The van der Waals surface area contributed by atoms with Crippen molar-refractivity contribution in [2.45, 2.75) is 6.92 Å². The fourth-order valence-electron chi connectivity index (χ4n) is 2.06. The molecule has 0 atom stereocenters. The van der Waals surface area contributed by atoms with Crippen LogP contribution in [0.4, 0.5) is 5.69 Å². The van der Waals surface area contributed by atoms with E-state index in [1.54, 1.807) is 0 Å². The largest absolute Gasteiger partial charge is 0.504 e. The average Bonchev–Trinajstić information content (AvgIpc) is 2.66. The molecule has 26 heavy (non-hydrogen) atoms. The Labute approximate surface area is 147 Å². The quantitative estimate of drug-likeness (QED) is 0.356. The second-order valence-corrected chi connectivity index (χ2v) is 4.87. The third-order valence-electron chi connectivity index (χ3n) is 3.28. The first-order chi connectivity index (χ1) is 12.4. The number of esters is 1. The summed E-state index contributed by atoms with van der Waals surface area (Å²) >= 11 is 0. The van der Waals surface area contributed by atoms with E-state index in [2.05, 4.69) is 9.97 Å². The summed E-state index contributed by atoms with van der Waals surface area (Å²) in [6, 6.07) is 2.40. The van der Waals surface area contributed by atoms with Gasteiger partial charge < -0.3 is 19.3 Å². The molecule has 1 heterocycles. The van der Waals surface area contributed by atoms with E-state index >= 15 is 0 Å². The molecule has 2 aromatic rings. The van der Waals surface area contributed by atoms with Gasteiger partial charge in [0, 0.05) is 24.0 Å². The molecule has 10 nitrogen and oxygen atoms in total. The standard InChI is InChI=1S/C16H15N3O7/c1-9(26-16(21)11-8-17-4-5-18-11)14(20)10-6-12(19(22)23)15(25-3)13(7-10)24-2/h4-8,20H,1-3H3. The van der Waals surface area contributed by atoms with Gasteiger partial charge in [-0.25, -0.2) is 9.78 Å². The summed E-state index contributed by atoms with van der Waals surface area (Å²) < 4.78 is 15.1. The minimum Gasteiger partial charge on any atom is -0.504 e. The van der Waals surface area contributed by atoms with Crippen LogP contribution in [0.5, 0.6) is 11.5 Å². The number of ether oxygens (including phenoxy) is 3. The molecule has 0 radical (unpaired) electrons. The second kappa shape index (κ2) is 7.92. The Morgan fingerprint density at radius 1 is 1.23 bits per heavy atom. The average molecular weight is 361 g/mol. The molecule has 2 rings (SSSR count). The Kier molecular flexibility index (Phi) is 5.68. The minimum atomic E-state index is -0.836. The van der Waals surface area contributed by atoms with Gasteiger partial charge in [0.1, 0.15) is 5.76 Å². The van der Waals surface area contributed by atoms with E-state index in [0.717, 1.165) is 6.07 Å². The highest BCUT2D eigenvalue weighted by molar-refractivity contribution is 5.88. The smallest absolute Gasteiger partial charge is 0.363 e. The number of aromatic nitrogens is 2. The van der Waals surface area contributed by atoms with E-state index < -0.39 is 22.3 Å². The summed E-state index contributed by atoms with van der Waals surface area (Å²) in [5.74, 6) is -1.55. The molecular formula is C16H15N3O7. The number of carbonyl (C=O) groups is 1. The van der Waals surface area contributed by atoms with Gasteiger partial charge in [-0.15, -0.1) is 0 Å². The maximum Gasteiger partial charge on any atom is 0.363 e. The molecule has 0 unspecified atom stereocenters. The lowest BCUT2D eigenvalue weighted by Gasteiger charge is -2.11. The van der Waals surface area contributed by atoms with Gasteiger partial charge in [0.2, 0.25) is 5.75 Å². The van der Waals surface area contributed by atoms with Crippen LogP contribution < -0.4 is 9.47 Å². The van der Waals surface area contributed by atoms with Gasteiger partial charge in [0.05, 0.1) is 25.3 Å². The summed E-state index contributed by atoms with van der Waals surface area (Å²) in [5.41, 5.74) is -0.460. The molecule has 0 fully saturated rings. The number of nitro benzene ring substituents is 1. The van der Waals surface area contributed by atoms with E-state index in [1.807, 2.05) is 0 Å². The van der Waals surface area contributed by atoms with E-state index in [1.165, 1.54) is 45.8 Å². The maximum absolute atomic E-state index is 12.0. The van der Waals surface area contributed by atoms with Crippen LogP contribution in [-0.2, 0) is 4.74 Å². The van der Waals surface area contributed by atoms with E-state index in [0.29, 0.717) is 0 Å². The third-order valence-corrected chi connectivity index (χ3v) is 3.28. The van der Waals surface area contributed by atoms with Crippen molar-refractivity contribution in [3.8, 4) is 11.5 Å². The maximum atomic E-state index is 12.0. The van der Waals surface area contributed by atoms with Crippen molar-refractivity contribution in [3.63, 3.8) is 0 Å². The Balaban J connectivity index is 2.42. The molecule has 1 N–H and O–H groups in total. The normalized spacial score (nSPS) is 11.3. The van der Waals surface area contributed by atoms with Gasteiger partial charge in [0.25, 0.3) is 0 Å². The summed E-state index contributed by atoms with van der Waals surface area (Å²) in [4.78, 5) is 30.0. The van der Waals surface area contributed by atoms with E-state index in [4.69, 9.17) is 14.2 Å². The van der Waals surface area contributed by atoms with Crippen LogP contribution in [0.1, 0.15) is 23.0 Å². The second-order valence-electron chi connectivity index (χ2n) is 4.87. The summed E-state index contributed by atoms with van der Waals surface area (Å²) in [5, 5.41) is 21.6. The molecule has 0 aliphatic rings. The number of nitrogens with zero attached hydrogens (tertiary/aromatic N) is 3. The number of carbonyl (C=O) groups excluding carboxylic acids is 1. The van der Waals surface area contributed by atoms with Gasteiger partial charge in [-0.1, -0.05) is 0 Å². The van der Waals surface area contributed by atoms with Crippen molar-refractivity contribution in [2.24, 2.45) is 0 Å². The molecule has 0 bridgehead atoms. The Morgan fingerprint density at radius 3 is 2.50 bits per heavy atom. The number of hydrogen-bond donors (Lipinski definition) is 1. The van der Waals surface area contributed by atoms with Gasteiger partial charge in [-0.2, -0.15) is 0 Å². The Hall–Kier alpha value is -3.69. The summed E-state index contributed by atoms with van der Waals surface area (Å²) in [6.07, 6.45) is 3.90. The van der Waals surface area contributed by atoms with Crippen molar-refractivity contribution in [1.29, 1.82) is 0 Å². The van der Waals surface area contributed by atoms with Crippen molar-refractivity contribution in [2.75, 3.05) is 14.2 Å². The highest BCUT2D eigenvalue weighted by Crippen LogP contribution is 2.39. The molecule has 0 saturated carbocycles. The van der Waals surface area contributed by atoms with Crippen LogP contribution in [0, 0.1) is 10.1 Å². The fraction of sp³-hybridized carbons (Fsp3) is 0.188. The highest BCUT2D eigenvalue weighted by Gasteiger charge is 2.24. The number of allylic oxidation sites excluding steroid dienone is 1. The van der Waals surface area contributed by atoms with E-state index in [9.17, 15) is 20.0 Å². The topological polar surface area (TPSA) is 134 Å². The van der Waals surface area contributed by atoms with Gasteiger partial charge in [-0.05, 0) is 13.0 Å². The predicted molar refractivity (Wildman–Crippen MR) is 88.9 cm³/mol. The number of aliphatic hydroxyl groups excluding tert-OH is 1. The van der Waals surface area contributed by atoms with Crippen molar-refractivity contribution < 1.29 is 29.0 Å². The molecule has 0 aliphatic heterocycles. The minimum absolute atomic E-state index is 0.0128. The number of rotatable bonds is 6.